The first-order valence-electron chi connectivity index (χ1n) is 7.66. The highest BCUT2D eigenvalue weighted by Crippen LogP contribution is 2.17. The molecule has 5 heteroatoms. The number of hydrogen-bond donors (Lipinski definition) is 1. The van der Waals surface area contributed by atoms with Crippen molar-refractivity contribution in [1.82, 2.24) is 10.3 Å². The lowest BCUT2D eigenvalue weighted by molar-refractivity contribution is 0.0947. The van der Waals surface area contributed by atoms with Gasteiger partial charge in [-0.05, 0) is 49.4 Å². The average molecular weight is 341 g/mol. The number of hydrogen-bond acceptors (Lipinski definition) is 3. The van der Waals surface area contributed by atoms with E-state index < -0.39 is 0 Å². The Morgan fingerprint density at radius 1 is 1.12 bits per heavy atom. The number of aromatic nitrogens is 1. The highest BCUT2D eigenvalue weighted by atomic mass is 35.5. The van der Waals surface area contributed by atoms with Gasteiger partial charge in [0.05, 0.1) is 12.1 Å². The van der Waals surface area contributed by atoms with Crippen molar-refractivity contribution in [2.75, 3.05) is 13.2 Å². The second-order valence-corrected chi connectivity index (χ2v) is 5.85. The molecule has 0 atom stereocenters. The number of fused-ring (bicyclic) bond motifs is 1. The molecule has 4 nitrogen and oxygen atoms in total. The number of ether oxygens (including phenoxy) is 1. The first-order chi connectivity index (χ1) is 11.6. The maximum atomic E-state index is 12.2. The van der Waals surface area contributed by atoms with E-state index in [9.17, 15) is 4.79 Å². The molecule has 0 aliphatic rings. The molecule has 1 heterocycles. The van der Waals surface area contributed by atoms with Gasteiger partial charge < -0.3 is 10.1 Å². The number of nitrogens with one attached hydrogen (secondary N) is 1. The van der Waals surface area contributed by atoms with Gasteiger partial charge in [-0.3, -0.25) is 4.79 Å². The molecule has 0 radical (unpaired) electrons. The van der Waals surface area contributed by atoms with Crippen molar-refractivity contribution < 1.29 is 9.53 Å². The monoisotopic (exact) mass is 340 g/mol. The van der Waals surface area contributed by atoms with E-state index in [0.29, 0.717) is 23.9 Å². The number of benzene rings is 2. The SMILES string of the molecule is Cc1ccc(OCCNC(=O)c2ccc3nc(Cl)ccc3c2)cc1. The van der Waals surface area contributed by atoms with E-state index in [-0.39, 0.29) is 5.91 Å². The lowest BCUT2D eigenvalue weighted by Crippen LogP contribution is -2.28. The molecule has 24 heavy (non-hydrogen) atoms. The third-order valence-electron chi connectivity index (χ3n) is 3.59. The largest absolute Gasteiger partial charge is 0.492 e. The number of rotatable bonds is 5. The van der Waals surface area contributed by atoms with Gasteiger partial charge >= 0.3 is 0 Å². The van der Waals surface area contributed by atoms with Gasteiger partial charge in [-0.25, -0.2) is 4.98 Å². The molecule has 0 bridgehead atoms. The summed E-state index contributed by atoms with van der Waals surface area (Å²) in [6.45, 7) is 2.88. The summed E-state index contributed by atoms with van der Waals surface area (Å²) in [5.41, 5.74) is 2.53. The number of amides is 1. The smallest absolute Gasteiger partial charge is 0.251 e. The van der Waals surface area contributed by atoms with Gasteiger partial charge in [0.1, 0.15) is 17.5 Å². The standard InChI is InChI=1S/C19H17ClN2O2/c1-13-2-6-16(7-3-13)24-11-10-21-19(23)15-4-8-17-14(12-15)5-9-18(20)22-17/h2-9,12H,10-11H2,1H3,(H,21,23). The van der Waals surface area contributed by atoms with E-state index in [1.54, 1.807) is 24.3 Å². The second kappa shape index (κ2) is 7.32. The van der Waals surface area contributed by atoms with Crippen LogP contribution >= 0.6 is 11.6 Å². The number of aryl methyl sites for hydroxylation is 1. The predicted molar refractivity (Wildman–Crippen MR) is 95.8 cm³/mol. The molecule has 0 saturated carbocycles. The minimum absolute atomic E-state index is 0.139. The molecule has 0 fully saturated rings. The Hall–Kier alpha value is -2.59. The molecule has 1 N–H and O–H groups in total. The lowest BCUT2D eigenvalue weighted by Gasteiger charge is -2.08. The maximum Gasteiger partial charge on any atom is 0.251 e. The molecule has 2 aromatic carbocycles. The van der Waals surface area contributed by atoms with Crippen LogP contribution in [0.5, 0.6) is 5.75 Å². The summed E-state index contributed by atoms with van der Waals surface area (Å²) < 4.78 is 5.59. The van der Waals surface area contributed by atoms with Crippen LogP contribution in [-0.4, -0.2) is 24.0 Å². The molecular formula is C19H17ClN2O2. The maximum absolute atomic E-state index is 12.2. The molecule has 3 rings (SSSR count). The molecule has 3 aromatic rings. The Bertz CT molecular complexity index is 863. The highest BCUT2D eigenvalue weighted by Gasteiger charge is 2.06. The summed E-state index contributed by atoms with van der Waals surface area (Å²) in [6.07, 6.45) is 0. The van der Waals surface area contributed by atoms with Crippen molar-refractivity contribution in [2.45, 2.75) is 6.92 Å². The van der Waals surface area contributed by atoms with E-state index in [1.807, 2.05) is 37.3 Å². The molecule has 1 aromatic heterocycles. The minimum atomic E-state index is -0.139. The quantitative estimate of drug-likeness (QED) is 0.564. The van der Waals surface area contributed by atoms with Crippen LogP contribution in [0.2, 0.25) is 5.15 Å². The van der Waals surface area contributed by atoms with Crippen LogP contribution in [-0.2, 0) is 0 Å². The average Bonchev–Trinajstić information content (AvgIpc) is 2.59. The Kier molecular flexibility index (Phi) is 4.96. The van der Waals surface area contributed by atoms with E-state index in [2.05, 4.69) is 10.3 Å². The summed E-state index contributed by atoms with van der Waals surface area (Å²) >= 11 is 5.86. The molecule has 0 spiro atoms. The topological polar surface area (TPSA) is 51.2 Å². The van der Waals surface area contributed by atoms with Crippen molar-refractivity contribution in [3.05, 3.63) is 70.9 Å². The van der Waals surface area contributed by atoms with Crippen LogP contribution < -0.4 is 10.1 Å². The Morgan fingerprint density at radius 3 is 2.71 bits per heavy atom. The van der Waals surface area contributed by atoms with Crippen LogP contribution in [0.15, 0.2) is 54.6 Å². The lowest BCUT2D eigenvalue weighted by atomic mass is 10.1. The van der Waals surface area contributed by atoms with E-state index in [0.717, 1.165) is 16.7 Å². The third kappa shape index (κ3) is 4.03. The van der Waals surface area contributed by atoms with Crippen molar-refractivity contribution in [3.8, 4) is 5.75 Å². The molecule has 0 unspecified atom stereocenters. The van der Waals surface area contributed by atoms with Crippen molar-refractivity contribution in [3.63, 3.8) is 0 Å². The van der Waals surface area contributed by atoms with Gasteiger partial charge in [0.25, 0.3) is 5.91 Å². The summed E-state index contributed by atoms with van der Waals surface area (Å²) in [4.78, 5) is 16.4. The zero-order valence-electron chi connectivity index (χ0n) is 13.3. The zero-order chi connectivity index (χ0) is 16.9. The van der Waals surface area contributed by atoms with Crippen LogP contribution in [0.3, 0.4) is 0 Å². The summed E-state index contributed by atoms with van der Waals surface area (Å²) in [5, 5.41) is 4.16. The number of carbonyl (C=O) groups is 1. The van der Waals surface area contributed by atoms with E-state index in [1.165, 1.54) is 5.56 Å². The number of halogens is 1. The minimum Gasteiger partial charge on any atom is -0.492 e. The molecule has 0 aliphatic heterocycles. The second-order valence-electron chi connectivity index (χ2n) is 5.46. The fourth-order valence-corrected chi connectivity index (χ4v) is 2.47. The Morgan fingerprint density at radius 2 is 1.92 bits per heavy atom. The normalized spacial score (nSPS) is 10.6. The van der Waals surface area contributed by atoms with Gasteiger partial charge in [-0.2, -0.15) is 0 Å². The van der Waals surface area contributed by atoms with Gasteiger partial charge in [-0.15, -0.1) is 0 Å². The predicted octanol–water partition coefficient (Wildman–Crippen LogP) is 4.01. The van der Waals surface area contributed by atoms with Gasteiger partial charge in [0, 0.05) is 10.9 Å². The molecule has 122 valence electrons. The molecule has 0 aliphatic carbocycles. The van der Waals surface area contributed by atoms with Gasteiger partial charge in [-0.1, -0.05) is 29.3 Å². The van der Waals surface area contributed by atoms with Crippen LogP contribution in [0, 0.1) is 6.92 Å². The molecule has 1 amide bonds. The fourth-order valence-electron chi connectivity index (χ4n) is 2.31. The van der Waals surface area contributed by atoms with Crippen LogP contribution in [0.25, 0.3) is 10.9 Å². The van der Waals surface area contributed by atoms with Crippen molar-refractivity contribution >= 4 is 28.4 Å². The van der Waals surface area contributed by atoms with E-state index >= 15 is 0 Å². The first kappa shape index (κ1) is 16.3. The number of nitrogens with zero attached hydrogens (tertiary/aromatic N) is 1. The Labute approximate surface area is 145 Å². The summed E-state index contributed by atoms with van der Waals surface area (Å²) in [5.74, 6) is 0.655. The van der Waals surface area contributed by atoms with Crippen LogP contribution in [0.1, 0.15) is 15.9 Å². The van der Waals surface area contributed by atoms with E-state index in [4.69, 9.17) is 16.3 Å². The van der Waals surface area contributed by atoms with Gasteiger partial charge in [0.15, 0.2) is 0 Å². The Balaban J connectivity index is 1.55. The molecular weight excluding hydrogens is 324 g/mol. The van der Waals surface area contributed by atoms with Crippen molar-refractivity contribution in [2.24, 2.45) is 0 Å². The fraction of sp³-hybridized carbons (Fsp3) is 0.158. The first-order valence-corrected chi connectivity index (χ1v) is 8.03. The van der Waals surface area contributed by atoms with Crippen molar-refractivity contribution in [1.29, 1.82) is 0 Å². The summed E-state index contributed by atoms with van der Waals surface area (Å²) in [7, 11) is 0. The summed E-state index contributed by atoms with van der Waals surface area (Å²) in [6, 6.07) is 16.7. The highest BCUT2D eigenvalue weighted by molar-refractivity contribution is 6.29. The van der Waals surface area contributed by atoms with Gasteiger partial charge in [0.2, 0.25) is 0 Å². The third-order valence-corrected chi connectivity index (χ3v) is 3.81. The number of pyridine rings is 1. The number of carbonyl (C=O) groups excluding carboxylic acids is 1. The molecule has 0 saturated heterocycles. The zero-order valence-corrected chi connectivity index (χ0v) is 14.0. The van der Waals surface area contributed by atoms with Crippen LogP contribution in [0.4, 0.5) is 0 Å².